The molecule has 0 aliphatic carbocycles. The first-order chi connectivity index (χ1) is 5.52. The quantitative estimate of drug-likeness (QED) is 0.426. The maximum absolute atomic E-state index is 4.25. The second-order valence-electron chi connectivity index (χ2n) is 2.83. The van der Waals surface area contributed by atoms with E-state index in [9.17, 15) is 0 Å². The highest BCUT2D eigenvalue weighted by atomic mass is 14.9. The largest absolute Gasteiger partial charge is 0.268 e. The predicted molar refractivity (Wildman–Crippen MR) is 58.4 cm³/mol. The van der Waals surface area contributed by atoms with Crippen LogP contribution in [0.1, 0.15) is 48.5 Å². The predicted octanol–water partition coefficient (Wildman–Crippen LogP) is 3.32. The van der Waals surface area contributed by atoms with Gasteiger partial charge in [-0.05, 0) is 34.6 Å². The molecular formula is C10H22N2. The Morgan fingerprint density at radius 2 is 1.42 bits per heavy atom. The lowest BCUT2D eigenvalue weighted by molar-refractivity contribution is 0.833. The SMILES string of the molecule is CC.CC(C)=NC(C)=NC(C)C. The molecule has 0 aliphatic rings. The third kappa shape index (κ3) is 12.1. The highest BCUT2D eigenvalue weighted by Gasteiger charge is 1.88. The van der Waals surface area contributed by atoms with E-state index in [1.807, 2.05) is 48.5 Å². The topological polar surface area (TPSA) is 24.7 Å². The summed E-state index contributed by atoms with van der Waals surface area (Å²) in [5.74, 6) is 0.870. The van der Waals surface area contributed by atoms with Crippen LogP contribution in [0.3, 0.4) is 0 Å². The fourth-order valence-electron chi connectivity index (χ4n) is 0.726. The second-order valence-corrected chi connectivity index (χ2v) is 2.83. The van der Waals surface area contributed by atoms with Crippen molar-refractivity contribution >= 4 is 11.5 Å². The van der Waals surface area contributed by atoms with Crippen LogP contribution in [0, 0.1) is 0 Å². The molecule has 2 heteroatoms. The number of nitrogens with zero attached hydrogens (tertiary/aromatic N) is 2. The van der Waals surface area contributed by atoms with Gasteiger partial charge >= 0.3 is 0 Å². The number of aliphatic imine (C=N–C) groups is 2. The van der Waals surface area contributed by atoms with Crippen molar-refractivity contribution in [2.45, 2.75) is 54.5 Å². The van der Waals surface area contributed by atoms with Crippen molar-refractivity contribution in [1.29, 1.82) is 0 Å². The van der Waals surface area contributed by atoms with Crippen molar-refractivity contribution in [1.82, 2.24) is 0 Å². The fraction of sp³-hybridized carbons (Fsp3) is 0.800. The Morgan fingerprint density at radius 3 is 1.67 bits per heavy atom. The normalized spacial score (nSPS) is 10.5. The van der Waals surface area contributed by atoms with Crippen LogP contribution >= 0.6 is 0 Å². The second kappa shape index (κ2) is 8.44. The Bertz CT molecular complexity index is 151. The molecule has 0 radical (unpaired) electrons. The van der Waals surface area contributed by atoms with Gasteiger partial charge in [-0.15, -0.1) is 0 Å². The molecule has 0 aromatic rings. The Hall–Kier alpha value is -0.660. The summed E-state index contributed by atoms with van der Waals surface area (Å²) in [5.41, 5.74) is 1.06. The third-order valence-electron chi connectivity index (χ3n) is 0.830. The summed E-state index contributed by atoms with van der Waals surface area (Å²) in [7, 11) is 0. The molecule has 0 aromatic heterocycles. The van der Waals surface area contributed by atoms with Crippen LogP contribution in [-0.2, 0) is 0 Å². The average molecular weight is 170 g/mol. The van der Waals surface area contributed by atoms with Crippen molar-refractivity contribution in [3.8, 4) is 0 Å². The summed E-state index contributed by atoms with van der Waals surface area (Å²) in [5, 5.41) is 0. The minimum atomic E-state index is 0.350. The Kier molecular flexibility index (Phi) is 9.77. The summed E-state index contributed by atoms with van der Waals surface area (Å²) >= 11 is 0. The minimum absolute atomic E-state index is 0.350. The first-order valence-corrected chi connectivity index (χ1v) is 4.58. The maximum atomic E-state index is 4.25. The van der Waals surface area contributed by atoms with E-state index in [1.165, 1.54) is 0 Å². The van der Waals surface area contributed by atoms with Gasteiger partial charge in [0, 0.05) is 11.8 Å². The molecule has 2 nitrogen and oxygen atoms in total. The van der Waals surface area contributed by atoms with E-state index in [0.717, 1.165) is 11.5 Å². The summed E-state index contributed by atoms with van der Waals surface area (Å²) in [6.07, 6.45) is 0. The molecule has 0 rings (SSSR count). The molecule has 0 atom stereocenters. The number of amidine groups is 1. The summed E-state index contributed by atoms with van der Waals surface area (Å²) < 4.78 is 0. The van der Waals surface area contributed by atoms with Crippen molar-refractivity contribution in [2.24, 2.45) is 9.98 Å². The van der Waals surface area contributed by atoms with E-state index in [-0.39, 0.29) is 0 Å². The summed E-state index contributed by atoms with van der Waals surface area (Å²) in [4.78, 5) is 8.43. The molecule has 0 fully saturated rings. The molecule has 0 bridgehead atoms. The van der Waals surface area contributed by atoms with Gasteiger partial charge < -0.3 is 0 Å². The lowest BCUT2D eigenvalue weighted by atomic mass is 10.4. The van der Waals surface area contributed by atoms with Gasteiger partial charge in [0.2, 0.25) is 0 Å². The van der Waals surface area contributed by atoms with Gasteiger partial charge in [-0.2, -0.15) is 0 Å². The van der Waals surface area contributed by atoms with Gasteiger partial charge in [-0.3, -0.25) is 4.99 Å². The van der Waals surface area contributed by atoms with Gasteiger partial charge in [-0.25, -0.2) is 4.99 Å². The van der Waals surface area contributed by atoms with Crippen molar-refractivity contribution < 1.29 is 0 Å². The molecule has 0 aromatic carbocycles. The molecule has 0 unspecified atom stereocenters. The monoisotopic (exact) mass is 170 g/mol. The molecule has 12 heavy (non-hydrogen) atoms. The van der Waals surface area contributed by atoms with E-state index in [4.69, 9.17) is 0 Å². The lowest BCUT2D eigenvalue weighted by Gasteiger charge is -1.97. The maximum Gasteiger partial charge on any atom is 0.120 e. The molecule has 0 amide bonds. The van der Waals surface area contributed by atoms with E-state index in [0.29, 0.717) is 6.04 Å². The molecule has 0 heterocycles. The first-order valence-electron chi connectivity index (χ1n) is 4.58. The van der Waals surface area contributed by atoms with Crippen molar-refractivity contribution in [2.75, 3.05) is 0 Å². The van der Waals surface area contributed by atoms with Gasteiger partial charge in [-0.1, -0.05) is 13.8 Å². The molecule has 0 spiro atoms. The van der Waals surface area contributed by atoms with Crippen LogP contribution in [0.4, 0.5) is 0 Å². The van der Waals surface area contributed by atoms with E-state index in [2.05, 4.69) is 9.98 Å². The number of rotatable bonds is 1. The standard InChI is InChI=1S/C8H16N2.C2H6/c1-6(2)9-8(5)10-7(3)4;1-2/h6H,1-5H3;1-2H3. The van der Waals surface area contributed by atoms with Crippen molar-refractivity contribution in [3.05, 3.63) is 0 Å². The van der Waals surface area contributed by atoms with E-state index < -0.39 is 0 Å². The van der Waals surface area contributed by atoms with Crippen LogP contribution in [0.2, 0.25) is 0 Å². The first kappa shape index (κ1) is 13.9. The molecule has 0 saturated heterocycles. The van der Waals surface area contributed by atoms with Gasteiger partial charge in [0.05, 0.1) is 0 Å². The molecule has 0 saturated carbocycles. The smallest absolute Gasteiger partial charge is 0.120 e. The minimum Gasteiger partial charge on any atom is -0.268 e. The summed E-state index contributed by atoms with van der Waals surface area (Å²) in [6.45, 7) is 14.0. The average Bonchev–Trinajstić information content (AvgIpc) is 1.87. The third-order valence-corrected chi connectivity index (χ3v) is 0.830. The molecular weight excluding hydrogens is 148 g/mol. The fourth-order valence-corrected chi connectivity index (χ4v) is 0.726. The molecule has 0 N–H and O–H groups in total. The number of hydrogen-bond donors (Lipinski definition) is 0. The highest BCUT2D eigenvalue weighted by molar-refractivity contribution is 5.94. The van der Waals surface area contributed by atoms with Crippen LogP contribution in [0.5, 0.6) is 0 Å². The zero-order valence-electron chi connectivity index (χ0n) is 9.47. The van der Waals surface area contributed by atoms with Crippen molar-refractivity contribution in [3.63, 3.8) is 0 Å². The zero-order valence-corrected chi connectivity index (χ0v) is 9.47. The van der Waals surface area contributed by atoms with Crippen LogP contribution in [0.15, 0.2) is 9.98 Å². The van der Waals surface area contributed by atoms with Gasteiger partial charge in [0.15, 0.2) is 0 Å². The van der Waals surface area contributed by atoms with E-state index in [1.54, 1.807) is 0 Å². The van der Waals surface area contributed by atoms with Crippen LogP contribution in [-0.4, -0.2) is 17.6 Å². The number of hydrogen-bond acceptors (Lipinski definition) is 1. The van der Waals surface area contributed by atoms with Crippen LogP contribution in [0.25, 0.3) is 0 Å². The zero-order chi connectivity index (χ0) is 10.1. The highest BCUT2D eigenvalue weighted by Crippen LogP contribution is 1.89. The van der Waals surface area contributed by atoms with E-state index >= 15 is 0 Å². The molecule has 72 valence electrons. The Morgan fingerprint density at radius 1 is 1.00 bits per heavy atom. The summed E-state index contributed by atoms with van der Waals surface area (Å²) in [6, 6.07) is 0.350. The Labute approximate surface area is 76.8 Å². The van der Waals surface area contributed by atoms with Gasteiger partial charge in [0.25, 0.3) is 0 Å². The van der Waals surface area contributed by atoms with Crippen LogP contribution < -0.4 is 0 Å². The van der Waals surface area contributed by atoms with Gasteiger partial charge in [0.1, 0.15) is 5.84 Å². The Balaban J connectivity index is 0. The molecule has 0 aliphatic heterocycles. The lowest BCUT2D eigenvalue weighted by Crippen LogP contribution is -1.97.